The maximum atomic E-state index is 12.6. The third kappa shape index (κ3) is 6.01. The molecule has 0 amide bonds. The van der Waals surface area contributed by atoms with E-state index in [2.05, 4.69) is 4.74 Å². The molecular weight excluding hydrogens is 320 g/mol. The molecule has 2 unspecified atom stereocenters. The van der Waals surface area contributed by atoms with Crippen molar-refractivity contribution in [3.63, 3.8) is 0 Å². The van der Waals surface area contributed by atoms with Crippen LogP contribution in [0.25, 0.3) is 0 Å². The SMILES string of the molecule is CC(O)C(=O)OC(C)C(=O)C(C)(C)C(C)(C)OCC(=O)OCC=O. The van der Waals surface area contributed by atoms with Crippen LogP contribution in [0.3, 0.4) is 0 Å². The average Bonchev–Trinajstić information content (AvgIpc) is 2.49. The highest BCUT2D eigenvalue weighted by Crippen LogP contribution is 2.36. The van der Waals surface area contributed by atoms with Crippen molar-refractivity contribution in [2.75, 3.05) is 13.2 Å². The van der Waals surface area contributed by atoms with Crippen LogP contribution in [-0.4, -0.2) is 60.1 Å². The topological polar surface area (TPSA) is 116 Å². The molecule has 0 fully saturated rings. The van der Waals surface area contributed by atoms with Gasteiger partial charge in [0.15, 0.2) is 18.2 Å². The molecule has 0 heterocycles. The summed E-state index contributed by atoms with van der Waals surface area (Å²) in [5.74, 6) is -2.06. The van der Waals surface area contributed by atoms with Gasteiger partial charge in [-0.15, -0.1) is 0 Å². The first-order chi connectivity index (χ1) is 10.9. The summed E-state index contributed by atoms with van der Waals surface area (Å²) in [7, 11) is 0. The summed E-state index contributed by atoms with van der Waals surface area (Å²) in [6.07, 6.45) is -1.98. The van der Waals surface area contributed by atoms with E-state index in [0.29, 0.717) is 6.29 Å². The van der Waals surface area contributed by atoms with E-state index in [1.54, 1.807) is 27.7 Å². The zero-order valence-electron chi connectivity index (χ0n) is 15.0. The number of aliphatic hydroxyl groups is 1. The number of hydrogen-bond donors (Lipinski definition) is 1. The molecule has 0 rings (SSSR count). The van der Waals surface area contributed by atoms with Gasteiger partial charge in [0.2, 0.25) is 0 Å². The zero-order chi connectivity index (χ0) is 19.1. The first-order valence-corrected chi connectivity index (χ1v) is 7.53. The Bertz CT molecular complexity index is 478. The number of aliphatic hydroxyl groups excluding tert-OH is 1. The lowest BCUT2D eigenvalue weighted by Crippen LogP contribution is -2.51. The van der Waals surface area contributed by atoms with Gasteiger partial charge >= 0.3 is 11.9 Å². The van der Waals surface area contributed by atoms with Crippen LogP contribution in [0, 0.1) is 5.41 Å². The monoisotopic (exact) mass is 346 g/mol. The number of carbonyl (C=O) groups is 4. The molecule has 1 N–H and O–H groups in total. The molecule has 2 atom stereocenters. The molecule has 8 heteroatoms. The summed E-state index contributed by atoms with van der Waals surface area (Å²) in [6.45, 7) is 8.26. The predicted molar refractivity (Wildman–Crippen MR) is 83.1 cm³/mol. The minimum Gasteiger partial charge on any atom is -0.456 e. The van der Waals surface area contributed by atoms with Crippen LogP contribution in [0.5, 0.6) is 0 Å². The number of ketones is 1. The highest BCUT2D eigenvalue weighted by molar-refractivity contribution is 5.91. The van der Waals surface area contributed by atoms with Crippen LogP contribution >= 0.6 is 0 Å². The van der Waals surface area contributed by atoms with Gasteiger partial charge in [-0.1, -0.05) is 0 Å². The number of ether oxygens (including phenoxy) is 3. The quantitative estimate of drug-likeness (QED) is 0.447. The van der Waals surface area contributed by atoms with Gasteiger partial charge in [-0.3, -0.25) is 9.59 Å². The molecule has 0 spiro atoms. The standard InChI is InChI=1S/C16H26O8/c1-10(18)14(21)24-11(2)13(20)15(3,4)16(5,6)23-9-12(19)22-8-7-17/h7,10-11,18H,8-9H2,1-6H3. The average molecular weight is 346 g/mol. The third-order valence-electron chi connectivity index (χ3n) is 3.99. The van der Waals surface area contributed by atoms with Gasteiger partial charge in [-0.2, -0.15) is 0 Å². The zero-order valence-corrected chi connectivity index (χ0v) is 15.0. The van der Waals surface area contributed by atoms with Gasteiger partial charge in [0, 0.05) is 0 Å². The lowest BCUT2D eigenvalue weighted by Gasteiger charge is -2.40. The fourth-order valence-corrected chi connectivity index (χ4v) is 1.72. The number of carbonyl (C=O) groups excluding carboxylic acids is 4. The van der Waals surface area contributed by atoms with Crippen molar-refractivity contribution in [2.24, 2.45) is 5.41 Å². The normalized spacial score (nSPS) is 14.5. The van der Waals surface area contributed by atoms with Crippen LogP contribution in [0.15, 0.2) is 0 Å². The van der Waals surface area contributed by atoms with Crippen LogP contribution in [0.4, 0.5) is 0 Å². The fourth-order valence-electron chi connectivity index (χ4n) is 1.72. The molecular formula is C16H26O8. The van der Waals surface area contributed by atoms with Crippen LogP contribution in [0.1, 0.15) is 41.5 Å². The van der Waals surface area contributed by atoms with E-state index in [1.165, 1.54) is 13.8 Å². The molecule has 0 aliphatic carbocycles. The second kappa shape index (κ2) is 8.89. The molecule has 0 saturated carbocycles. The Labute approximate surface area is 141 Å². The highest BCUT2D eigenvalue weighted by Gasteiger charge is 2.47. The Morgan fingerprint density at radius 2 is 1.67 bits per heavy atom. The minimum absolute atomic E-state index is 0.364. The van der Waals surface area contributed by atoms with Crippen molar-refractivity contribution in [1.82, 2.24) is 0 Å². The van der Waals surface area contributed by atoms with Gasteiger partial charge in [0.25, 0.3) is 0 Å². The molecule has 8 nitrogen and oxygen atoms in total. The van der Waals surface area contributed by atoms with E-state index in [9.17, 15) is 19.2 Å². The highest BCUT2D eigenvalue weighted by atomic mass is 16.6. The number of Topliss-reactive ketones (excluding diaryl/α,β-unsaturated/α-hetero) is 1. The fraction of sp³-hybridized carbons (Fsp3) is 0.750. The van der Waals surface area contributed by atoms with E-state index in [1.807, 2.05) is 0 Å². The van der Waals surface area contributed by atoms with E-state index in [4.69, 9.17) is 14.6 Å². The Hall–Kier alpha value is -1.80. The van der Waals surface area contributed by atoms with Crippen molar-refractivity contribution < 1.29 is 38.5 Å². The number of rotatable bonds is 10. The summed E-state index contributed by atoms with van der Waals surface area (Å²) in [5, 5.41) is 9.14. The maximum Gasteiger partial charge on any atom is 0.335 e. The summed E-state index contributed by atoms with van der Waals surface area (Å²) in [6, 6.07) is 0. The molecule has 0 aliphatic rings. The lowest BCUT2D eigenvalue weighted by molar-refractivity contribution is -0.176. The van der Waals surface area contributed by atoms with Crippen molar-refractivity contribution in [2.45, 2.75) is 59.4 Å². The smallest absolute Gasteiger partial charge is 0.335 e. The minimum atomic E-state index is -1.33. The van der Waals surface area contributed by atoms with Crippen LogP contribution in [0.2, 0.25) is 0 Å². The number of hydrogen-bond acceptors (Lipinski definition) is 8. The molecule has 0 saturated heterocycles. The van der Waals surface area contributed by atoms with Gasteiger partial charge in [0.05, 0.1) is 11.0 Å². The van der Waals surface area contributed by atoms with Gasteiger partial charge in [-0.25, -0.2) is 9.59 Å². The van der Waals surface area contributed by atoms with Gasteiger partial charge in [0.1, 0.15) is 19.3 Å². The Morgan fingerprint density at radius 3 is 2.12 bits per heavy atom. The second-order valence-corrected chi connectivity index (χ2v) is 6.39. The molecule has 138 valence electrons. The summed E-state index contributed by atoms with van der Waals surface area (Å²) >= 11 is 0. The molecule has 24 heavy (non-hydrogen) atoms. The molecule has 0 aromatic carbocycles. The lowest BCUT2D eigenvalue weighted by atomic mass is 9.72. The molecule has 0 aromatic heterocycles. The van der Waals surface area contributed by atoms with Crippen molar-refractivity contribution in [3.05, 3.63) is 0 Å². The van der Waals surface area contributed by atoms with Crippen LogP contribution < -0.4 is 0 Å². The van der Waals surface area contributed by atoms with Crippen molar-refractivity contribution >= 4 is 24.0 Å². The van der Waals surface area contributed by atoms with E-state index < -0.39 is 47.6 Å². The Morgan fingerprint density at radius 1 is 1.12 bits per heavy atom. The first-order valence-electron chi connectivity index (χ1n) is 7.53. The number of aldehydes is 1. The Balaban J connectivity index is 4.91. The number of esters is 2. The van der Waals surface area contributed by atoms with Gasteiger partial charge < -0.3 is 19.3 Å². The van der Waals surface area contributed by atoms with Crippen molar-refractivity contribution in [1.29, 1.82) is 0 Å². The van der Waals surface area contributed by atoms with Crippen LogP contribution in [-0.2, 0) is 33.4 Å². The first kappa shape index (κ1) is 22.2. The van der Waals surface area contributed by atoms with Gasteiger partial charge in [-0.05, 0) is 41.5 Å². The third-order valence-corrected chi connectivity index (χ3v) is 3.99. The maximum absolute atomic E-state index is 12.6. The molecule has 0 bridgehead atoms. The van der Waals surface area contributed by atoms with E-state index in [0.717, 1.165) is 0 Å². The van der Waals surface area contributed by atoms with Crippen molar-refractivity contribution in [3.8, 4) is 0 Å². The molecule has 0 aromatic rings. The summed E-state index contributed by atoms with van der Waals surface area (Å²) in [4.78, 5) is 45.5. The molecule has 0 aliphatic heterocycles. The second-order valence-electron chi connectivity index (χ2n) is 6.39. The predicted octanol–water partition coefficient (Wildman–Crippen LogP) is 0.431. The summed E-state index contributed by atoms with van der Waals surface area (Å²) in [5.41, 5.74) is -2.20. The summed E-state index contributed by atoms with van der Waals surface area (Å²) < 4.78 is 15.0. The molecule has 0 radical (unpaired) electrons. The van der Waals surface area contributed by atoms with E-state index in [-0.39, 0.29) is 6.61 Å². The van der Waals surface area contributed by atoms with E-state index >= 15 is 0 Å². The largest absolute Gasteiger partial charge is 0.456 e. The Kier molecular flexibility index (Phi) is 8.22.